The van der Waals surface area contributed by atoms with Crippen LogP contribution >= 0.6 is 0 Å². The molecule has 0 amide bonds. The summed E-state index contributed by atoms with van der Waals surface area (Å²) in [6, 6.07) is 13.4. The number of benzene rings is 2. The molecule has 10 heteroatoms. The van der Waals surface area contributed by atoms with Crippen molar-refractivity contribution in [1.82, 2.24) is 4.98 Å². The third-order valence-electron chi connectivity index (χ3n) is 6.79. The summed E-state index contributed by atoms with van der Waals surface area (Å²) >= 11 is 0. The number of nitrogens with zero attached hydrogens (tertiary/aromatic N) is 1. The first kappa shape index (κ1) is 26.1. The van der Waals surface area contributed by atoms with Gasteiger partial charge in [-0.1, -0.05) is 32.0 Å². The Bertz CT molecular complexity index is 1320. The van der Waals surface area contributed by atoms with Gasteiger partial charge in [0.05, 0.1) is 33.3 Å². The molecular weight excluding hydrogens is 496 g/mol. The standard InChI is InChI=1S/C26H26F4N2O3S/c1-25(2,17-6-8-19(27)9-7-17)23-11-10-20(15-31-23)32-24(33)16-12-22(13-16)36(34,35)21-5-3-4-18(14-21)26(28,29)30/h3-11,14-16,22,24,32-33H,12-13H2,1-2H3/t16-,22-,24?. The number of nitrogens with one attached hydrogen (secondary N) is 1. The van der Waals surface area contributed by atoms with E-state index in [0.29, 0.717) is 11.8 Å². The molecular formula is C26H26F4N2O3S. The van der Waals surface area contributed by atoms with E-state index < -0.39 is 38.5 Å². The van der Waals surface area contributed by atoms with Crippen LogP contribution in [-0.2, 0) is 21.4 Å². The highest BCUT2D eigenvalue weighted by atomic mass is 32.2. The van der Waals surface area contributed by atoms with Crippen LogP contribution in [0.1, 0.15) is 43.5 Å². The molecule has 36 heavy (non-hydrogen) atoms. The average Bonchev–Trinajstić information content (AvgIpc) is 2.78. The molecule has 1 aliphatic carbocycles. The van der Waals surface area contributed by atoms with Crippen molar-refractivity contribution in [1.29, 1.82) is 0 Å². The van der Waals surface area contributed by atoms with Crippen LogP contribution in [-0.4, -0.2) is 30.0 Å². The first-order valence-electron chi connectivity index (χ1n) is 11.4. The van der Waals surface area contributed by atoms with Crippen molar-refractivity contribution >= 4 is 15.5 Å². The predicted molar refractivity (Wildman–Crippen MR) is 128 cm³/mol. The second-order valence-electron chi connectivity index (χ2n) is 9.58. The first-order valence-corrected chi connectivity index (χ1v) is 12.9. The van der Waals surface area contributed by atoms with Gasteiger partial charge in [0.2, 0.25) is 0 Å². The smallest absolute Gasteiger partial charge is 0.374 e. The largest absolute Gasteiger partial charge is 0.416 e. The van der Waals surface area contributed by atoms with Crippen LogP contribution in [0, 0.1) is 11.7 Å². The maximum absolute atomic E-state index is 13.3. The quantitative estimate of drug-likeness (QED) is 0.314. The van der Waals surface area contributed by atoms with Gasteiger partial charge in [0.25, 0.3) is 0 Å². The average molecular weight is 523 g/mol. The second kappa shape index (κ2) is 9.48. The molecule has 4 rings (SSSR count). The van der Waals surface area contributed by atoms with Crippen LogP contribution in [0.2, 0.25) is 0 Å². The predicted octanol–water partition coefficient (Wildman–Crippen LogP) is 5.55. The lowest BCUT2D eigenvalue weighted by Gasteiger charge is -2.38. The Balaban J connectivity index is 1.37. The zero-order valence-electron chi connectivity index (χ0n) is 19.6. The molecule has 3 aromatic rings. The maximum atomic E-state index is 13.3. The third kappa shape index (κ3) is 5.24. The second-order valence-corrected chi connectivity index (χ2v) is 11.8. The van der Waals surface area contributed by atoms with Gasteiger partial charge in [-0.25, -0.2) is 12.8 Å². The van der Waals surface area contributed by atoms with E-state index in [4.69, 9.17) is 0 Å². The van der Waals surface area contributed by atoms with Crippen LogP contribution in [0.3, 0.4) is 0 Å². The van der Waals surface area contributed by atoms with Gasteiger partial charge < -0.3 is 10.4 Å². The van der Waals surface area contributed by atoms with E-state index in [1.165, 1.54) is 12.1 Å². The minimum absolute atomic E-state index is 0.121. The number of aliphatic hydroxyl groups excluding tert-OH is 1. The number of alkyl halides is 3. The number of halogens is 4. The fourth-order valence-corrected chi connectivity index (χ4v) is 6.26. The van der Waals surface area contributed by atoms with E-state index in [9.17, 15) is 31.1 Å². The van der Waals surface area contributed by atoms with Crippen LogP contribution in [0.25, 0.3) is 0 Å². The summed E-state index contributed by atoms with van der Waals surface area (Å²) in [6.07, 6.45) is -3.88. The van der Waals surface area contributed by atoms with Crippen molar-refractivity contribution in [3.63, 3.8) is 0 Å². The van der Waals surface area contributed by atoms with Gasteiger partial charge >= 0.3 is 6.18 Å². The fourth-order valence-electron chi connectivity index (χ4n) is 4.31. The number of rotatable bonds is 7. The molecule has 1 saturated carbocycles. The molecule has 2 aromatic carbocycles. The molecule has 1 aliphatic rings. The lowest BCUT2D eigenvalue weighted by atomic mass is 9.81. The number of hydrogen-bond acceptors (Lipinski definition) is 5. The van der Waals surface area contributed by atoms with E-state index in [1.54, 1.807) is 30.5 Å². The van der Waals surface area contributed by atoms with Gasteiger partial charge in [-0.15, -0.1) is 0 Å². The number of hydrogen-bond donors (Lipinski definition) is 2. The Morgan fingerprint density at radius 1 is 1.00 bits per heavy atom. The van der Waals surface area contributed by atoms with Crippen molar-refractivity contribution in [3.8, 4) is 0 Å². The molecule has 0 radical (unpaired) electrons. The SMILES string of the molecule is CC(C)(c1ccc(F)cc1)c1ccc(NC(O)[C@H]2C[C@H](S(=O)(=O)c3cccc(C(F)(F)F)c3)C2)cn1. The minimum atomic E-state index is -4.63. The van der Waals surface area contributed by atoms with Gasteiger partial charge in [-0.3, -0.25) is 4.98 Å². The topological polar surface area (TPSA) is 79.3 Å². The van der Waals surface area contributed by atoms with Crippen molar-refractivity contribution in [2.24, 2.45) is 5.92 Å². The zero-order chi connectivity index (χ0) is 26.3. The maximum Gasteiger partial charge on any atom is 0.416 e. The van der Waals surface area contributed by atoms with E-state index >= 15 is 0 Å². The van der Waals surface area contributed by atoms with Crippen LogP contribution in [0.15, 0.2) is 71.8 Å². The third-order valence-corrected chi connectivity index (χ3v) is 8.96. The lowest BCUT2D eigenvalue weighted by molar-refractivity contribution is -0.137. The van der Waals surface area contributed by atoms with E-state index in [2.05, 4.69) is 10.3 Å². The minimum Gasteiger partial charge on any atom is -0.374 e. The number of anilines is 1. The Kier molecular flexibility index (Phi) is 6.87. The van der Waals surface area contributed by atoms with Crippen LogP contribution in [0.5, 0.6) is 0 Å². The molecule has 0 bridgehead atoms. The molecule has 192 valence electrons. The molecule has 5 nitrogen and oxygen atoms in total. The molecule has 2 N–H and O–H groups in total. The summed E-state index contributed by atoms with van der Waals surface area (Å²) < 4.78 is 77.7. The van der Waals surface area contributed by atoms with Gasteiger partial charge in [0.1, 0.15) is 12.0 Å². The Morgan fingerprint density at radius 3 is 2.25 bits per heavy atom. The molecule has 1 atom stereocenters. The lowest BCUT2D eigenvalue weighted by Crippen LogP contribution is -2.44. The molecule has 1 aromatic heterocycles. The summed E-state index contributed by atoms with van der Waals surface area (Å²) in [7, 11) is -3.95. The van der Waals surface area contributed by atoms with Gasteiger partial charge in [-0.05, 0) is 60.9 Å². The Morgan fingerprint density at radius 2 is 1.67 bits per heavy atom. The van der Waals surface area contributed by atoms with Crippen molar-refractivity contribution < 1.29 is 31.1 Å². The molecule has 0 aliphatic heterocycles. The van der Waals surface area contributed by atoms with E-state index in [1.807, 2.05) is 13.8 Å². The van der Waals surface area contributed by atoms with Crippen molar-refractivity contribution in [3.05, 3.63) is 89.5 Å². The van der Waals surface area contributed by atoms with Crippen molar-refractivity contribution in [2.45, 2.75) is 54.7 Å². The van der Waals surface area contributed by atoms with Crippen molar-refractivity contribution in [2.75, 3.05) is 5.32 Å². The van der Waals surface area contributed by atoms with Crippen LogP contribution < -0.4 is 5.32 Å². The molecule has 1 fully saturated rings. The summed E-state index contributed by atoms with van der Waals surface area (Å²) in [6.45, 7) is 3.92. The van der Waals surface area contributed by atoms with Gasteiger partial charge in [0, 0.05) is 11.3 Å². The summed E-state index contributed by atoms with van der Waals surface area (Å²) in [5, 5.41) is 12.6. The van der Waals surface area contributed by atoms with E-state index in [0.717, 1.165) is 29.5 Å². The van der Waals surface area contributed by atoms with E-state index in [-0.39, 0.29) is 29.5 Å². The summed E-state index contributed by atoms with van der Waals surface area (Å²) in [5.41, 5.74) is 0.666. The van der Waals surface area contributed by atoms with Gasteiger partial charge in [0.15, 0.2) is 9.84 Å². The molecule has 1 heterocycles. The monoisotopic (exact) mass is 522 g/mol. The van der Waals surface area contributed by atoms with Gasteiger partial charge in [-0.2, -0.15) is 13.2 Å². The van der Waals surface area contributed by atoms with Crippen LogP contribution in [0.4, 0.5) is 23.2 Å². The molecule has 0 saturated heterocycles. The zero-order valence-corrected chi connectivity index (χ0v) is 20.4. The highest BCUT2D eigenvalue weighted by molar-refractivity contribution is 7.92. The fraction of sp³-hybridized carbons (Fsp3) is 0.346. The number of pyridine rings is 1. The first-order chi connectivity index (χ1) is 16.8. The molecule has 0 spiro atoms. The number of aliphatic hydroxyl groups is 1. The summed E-state index contributed by atoms with van der Waals surface area (Å²) in [5.74, 6) is -0.706. The normalized spacial score (nSPS) is 19.4. The Hall–Kier alpha value is -2.98. The highest BCUT2D eigenvalue weighted by Gasteiger charge is 2.43. The summed E-state index contributed by atoms with van der Waals surface area (Å²) in [4.78, 5) is 4.10. The number of sulfone groups is 1. The number of aromatic nitrogens is 1. The Labute approximate surface area is 207 Å². The highest BCUT2D eigenvalue weighted by Crippen LogP contribution is 2.40. The molecule has 1 unspecified atom stereocenters.